The van der Waals surface area contributed by atoms with Crippen LogP contribution in [-0.4, -0.2) is 13.1 Å². The van der Waals surface area contributed by atoms with Crippen molar-refractivity contribution in [2.45, 2.75) is 19.9 Å². The first-order chi connectivity index (χ1) is 9.51. The van der Waals surface area contributed by atoms with E-state index in [0.717, 1.165) is 11.3 Å². The summed E-state index contributed by atoms with van der Waals surface area (Å²) in [6.07, 6.45) is 0. The molecule has 0 aliphatic heterocycles. The highest BCUT2D eigenvalue weighted by Gasteiger charge is 2.16. The molecular weight excluding hydrogens is 278 g/mol. The third kappa shape index (κ3) is 3.14. The minimum Gasteiger partial charge on any atom is -0.463 e. The molecule has 1 aromatic carbocycles. The summed E-state index contributed by atoms with van der Waals surface area (Å²) < 4.78 is 10.1. The van der Waals surface area contributed by atoms with E-state index in [9.17, 15) is 4.79 Å². The topological polar surface area (TPSA) is 51.5 Å². The Bertz CT molecular complexity index is 621. The quantitative estimate of drug-likeness (QED) is 0.858. The van der Waals surface area contributed by atoms with Crippen LogP contribution in [0.4, 0.5) is 5.69 Å². The Hall–Kier alpha value is -1.94. The normalized spacial score (nSPS) is 12.0. The van der Waals surface area contributed by atoms with E-state index in [4.69, 9.17) is 16.0 Å². The Kier molecular flexibility index (Phi) is 4.35. The Morgan fingerprint density at radius 3 is 2.75 bits per heavy atom. The number of furan rings is 1. The van der Waals surface area contributed by atoms with E-state index in [0.29, 0.717) is 10.8 Å². The summed E-state index contributed by atoms with van der Waals surface area (Å²) in [5, 5.41) is 3.90. The largest absolute Gasteiger partial charge is 0.463 e. The van der Waals surface area contributed by atoms with Crippen LogP contribution >= 0.6 is 11.6 Å². The van der Waals surface area contributed by atoms with Gasteiger partial charge in [-0.15, -0.1) is 0 Å². The summed E-state index contributed by atoms with van der Waals surface area (Å²) in [7, 11) is 1.32. The van der Waals surface area contributed by atoms with E-state index < -0.39 is 5.97 Å². The van der Waals surface area contributed by atoms with Gasteiger partial charge in [-0.05, 0) is 43.7 Å². The van der Waals surface area contributed by atoms with Gasteiger partial charge in [0.05, 0.1) is 23.9 Å². The number of rotatable bonds is 4. The fourth-order valence-electron chi connectivity index (χ4n) is 1.84. The van der Waals surface area contributed by atoms with E-state index >= 15 is 0 Å². The number of carbonyl (C=O) groups is 1. The SMILES string of the molecule is COC(=O)c1ccc(C(C)Nc2ccc(C)cc2Cl)o1. The van der Waals surface area contributed by atoms with Crippen molar-refractivity contribution in [1.82, 2.24) is 0 Å². The molecule has 106 valence electrons. The van der Waals surface area contributed by atoms with Crippen LogP contribution in [0.15, 0.2) is 34.7 Å². The van der Waals surface area contributed by atoms with Gasteiger partial charge >= 0.3 is 5.97 Å². The lowest BCUT2D eigenvalue weighted by Gasteiger charge is -2.14. The van der Waals surface area contributed by atoms with E-state index in [1.165, 1.54) is 7.11 Å². The second-order valence-electron chi connectivity index (χ2n) is 4.54. The van der Waals surface area contributed by atoms with Crippen molar-refractivity contribution in [3.63, 3.8) is 0 Å². The third-order valence-electron chi connectivity index (χ3n) is 2.94. The molecule has 1 heterocycles. The first kappa shape index (κ1) is 14.5. The first-order valence-electron chi connectivity index (χ1n) is 6.22. The van der Waals surface area contributed by atoms with Crippen molar-refractivity contribution < 1.29 is 13.9 Å². The lowest BCUT2D eigenvalue weighted by molar-refractivity contribution is 0.0562. The number of carbonyl (C=O) groups excluding carboxylic acids is 1. The maximum Gasteiger partial charge on any atom is 0.373 e. The number of aryl methyl sites for hydroxylation is 1. The lowest BCUT2D eigenvalue weighted by atomic mass is 10.2. The van der Waals surface area contributed by atoms with Gasteiger partial charge in [0.1, 0.15) is 5.76 Å². The Balaban J connectivity index is 2.13. The monoisotopic (exact) mass is 293 g/mol. The fraction of sp³-hybridized carbons (Fsp3) is 0.267. The zero-order chi connectivity index (χ0) is 14.7. The molecule has 20 heavy (non-hydrogen) atoms. The van der Waals surface area contributed by atoms with Crippen LogP contribution in [0.25, 0.3) is 0 Å². The molecule has 4 nitrogen and oxygen atoms in total. The van der Waals surface area contributed by atoms with Crippen molar-refractivity contribution in [2.24, 2.45) is 0 Å². The zero-order valence-electron chi connectivity index (χ0n) is 11.6. The smallest absolute Gasteiger partial charge is 0.373 e. The molecule has 1 unspecified atom stereocenters. The molecule has 0 fully saturated rings. The molecule has 1 atom stereocenters. The van der Waals surface area contributed by atoms with E-state index in [1.54, 1.807) is 12.1 Å². The Morgan fingerprint density at radius 2 is 2.10 bits per heavy atom. The summed E-state index contributed by atoms with van der Waals surface area (Å²) in [6.45, 7) is 3.91. The zero-order valence-corrected chi connectivity index (χ0v) is 12.3. The van der Waals surface area contributed by atoms with Crippen molar-refractivity contribution in [2.75, 3.05) is 12.4 Å². The average molecular weight is 294 g/mol. The van der Waals surface area contributed by atoms with Crippen molar-refractivity contribution >= 4 is 23.3 Å². The Labute approximate surface area is 122 Å². The predicted octanol–water partition coefficient (Wildman–Crippen LogP) is 4.20. The fourth-order valence-corrected chi connectivity index (χ4v) is 2.13. The molecule has 2 rings (SSSR count). The van der Waals surface area contributed by atoms with E-state index in [1.807, 2.05) is 32.0 Å². The van der Waals surface area contributed by atoms with Gasteiger partial charge in [-0.25, -0.2) is 4.79 Å². The molecule has 0 saturated carbocycles. The summed E-state index contributed by atoms with van der Waals surface area (Å²) in [6, 6.07) is 9.00. The molecule has 2 aromatic rings. The number of hydrogen-bond acceptors (Lipinski definition) is 4. The van der Waals surface area contributed by atoms with Gasteiger partial charge < -0.3 is 14.5 Å². The minimum atomic E-state index is -0.489. The number of ether oxygens (including phenoxy) is 1. The highest BCUT2D eigenvalue weighted by atomic mass is 35.5. The number of methoxy groups -OCH3 is 1. The summed E-state index contributed by atoms with van der Waals surface area (Å²) in [5.74, 6) is 0.338. The van der Waals surface area contributed by atoms with Gasteiger partial charge in [0.15, 0.2) is 0 Å². The van der Waals surface area contributed by atoms with E-state index in [2.05, 4.69) is 10.1 Å². The number of esters is 1. The van der Waals surface area contributed by atoms with Crippen LogP contribution in [0.1, 0.15) is 34.8 Å². The van der Waals surface area contributed by atoms with Crippen LogP contribution in [0.2, 0.25) is 5.02 Å². The molecule has 1 aromatic heterocycles. The van der Waals surface area contributed by atoms with Gasteiger partial charge in [0.25, 0.3) is 0 Å². The van der Waals surface area contributed by atoms with Gasteiger partial charge in [0, 0.05) is 0 Å². The highest BCUT2D eigenvalue weighted by molar-refractivity contribution is 6.33. The molecule has 0 spiro atoms. The standard InChI is InChI=1S/C15H16ClNO3/c1-9-4-5-12(11(16)8-9)17-10(2)13-6-7-14(20-13)15(18)19-3/h4-8,10,17H,1-3H3. The summed E-state index contributed by atoms with van der Waals surface area (Å²) in [5.41, 5.74) is 1.92. The third-order valence-corrected chi connectivity index (χ3v) is 3.25. The van der Waals surface area contributed by atoms with Crippen molar-refractivity contribution in [3.05, 3.63) is 52.4 Å². The van der Waals surface area contributed by atoms with Gasteiger partial charge in [0.2, 0.25) is 5.76 Å². The van der Waals surface area contributed by atoms with Gasteiger partial charge in [-0.2, -0.15) is 0 Å². The van der Waals surface area contributed by atoms with Gasteiger partial charge in [-0.1, -0.05) is 17.7 Å². The van der Waals surface area contributed by atoms with Crippen molar-refractivity contribution in [1.29, 1.82) is 0 Å². The summed E-state index contributed by atoms with van der Waals surface area (Å²) >= 11 is 6.17. The second-order valence-corrected chi connectivity index (χ2v) is 4.95. The molecule has 0 saturated heterocycles. The molecule has 5 heteroatoms. The molecule has 0 radical (unpaired) electrons. The van der Waals surface area contributed by atoms with Crippen LogP contribution in [0.5, 0.6) is 0 Å². The number of hydrogen-bond donors (Lipinski definition) is 1. The van der Waals surface area contributed by atoms with Crippen LogP contribution in [0.3, 0.4) is 0 Å². The number of anilines is 1. The molecule has 0 aliphatic carbocycles. The maximum absolute atomic E-state index is 11.3. The van der Waals surface area contributed by atoms with Crippen LogP contribution in [-0.2, 0) is 4.74 Å². The van der Waals surface area contributed by atoms with Crippen LogP contribution < -0.4 is 5.32 Å². The lowest BCUT2D eigenvalue weighted by Crippen LogP contribution is -2.06. The maximum atomic E-state index is 11.3. The molecule has 1 N–H and O–H groups in total. The van der Waals surface area contributed by atoms with Crippen LogP contribution in [0, 0.1) is 6.92 Å². The molecule has 0 aliphatic rings. The number of benzene rings is 1. The minimum absolute atomic E-state index is 0.117. The molecule has 0 bridgehead atoms. The van der Waals surface area contributed by atoms with Gasteiger partial charge in [-0.3, -0.25) is 0 Å². The Morgan fingerprint density at radius 1 is 1.35 bits per heavy atom. The molecule has 0 amide bonds. The second kappa shape index (κ2) is 6.01. The molecular formula is C15H16ClNO3. The summed E-state index contributed by atoms with van der Waals surface area (Å²) in [4.78, 5) is 11.3. The van der Waals surface area contributed by atoms with E-state index in [-0.39, 0.29) is 11.8 Å². The van der Waals surface area contributed by atoms with Crippen molar-refractivity contribution in [3.8, 4) is 0 Å². The highest BCUT2D eigenvalue weighted by Crippen LogP contribution is 2.27. The predicted molar refractivity (Wildman–Crippen MR) is 78.3 cm³/mol. The average Bonchev–Trinajstić information content (AvgIpc) is 2.90. The number of nitrogens with one attached hydrogen (secondary N) is 1. The number of halogens is 1. The first-order valence-corrected chi connectivity index (χ1v) is 6.60.